The lowest BCUT2D eigenvalue weighted by atomic mass is 10.0. The van der Waals surface area contributed by atoms with Crippen LogP contribution in [0.25, 0.3) is 0 Å². The molecule has 2 aromatic rings. The van der Waals surface area contributed by atoms with Crippen molar-refractivity contribution in [3.05, 3.63) is 59.4 Å². The molecule has 3 atom stereocenters. The lowest BCUT2D eigenvalue weighted by Gasteiger charge is -2.13. The van der Waals surface area contributed by atoms with E-state index in [-0.39, 0.29) is 18.2 Å². The van der Waals surface area contributed by atoms with Crippen molar-refractivity contribution < 1.29 is 14.3 Å². The van der Waals surface area contributed by atoms with Gasteiger partial charge in [0.25, 0.3) is 0 Å². The molecule has 142 valence electrons. The number of carbonyl (C=O) groups excluding carboxylic acids is 1. The van der Waals surface area contributed by atoms with Crippen LogP contribution in [0.4, 0.5) is 0 Å². The zero-order valence-corrected chi connectivity index (χ0v) is 15.5. The third kappa shape index (κ3) is 3.35. The molecule has 3 unspecified atom stereocenters. The molecule has 27 heavy (non-hydrogen) atoms. The number of ketones is 1. The van der Waals surface area contributed by atoms with Gasteiger partial charge in [-0.2, -0.15) is 0 Å². The summed E-state index contributed by atoms with van der Waals surface area (Å²) in [5, 5.41) is 0. The van der Waals surface area contributed by atoms with Crippen LogP contribution in [0.3, 0.4) is 0 Å². The summed E-state index contributed by atoms with van der Waals surface area (Å²) < 4.78 is 13.9. The van der Waals surface area contributed by atoms with E-state index in [1.807, 2.05) is 36.4 Å². The summed E-state index contributed by atoms with van der Waals surface area (Å²) in [5.41, 5.74) is 2.74. The molecule has 0 N–H and O–H groups in total. The highest BCUT2D eigenvalue weighted by Crippen LogP contribution is 2.43. The molecule has 3 aliphatic rings. The number of rotatable bonds is 7. The molecular formula is C22H26N2O3. The van der Waals surface area contributed by atoms with E-state index in [0.29, 0.717) is 5.92 Å². The molecule has 1 aromatic heterocycles. The van der Waals surface area contributed by atoms with E-state index < -0.39 is 0 Å². The predicted molar refractivity (Wildman–Crippen MR) is 102 cm³/mol. The Kier molecular flexibility index (Phi) is 4.60. The number of hydrogen-bond acceptors (Lipinski definition) is 4. The van der Waals surface area contributed by atoms with Crippen molar-refractivity contribution in [2.75, 3.05) is 26.2 Å². The van der Waals surface area contributed by atoms with Gasteiger partial charge in [0.2, 0.25) is 5.78 Å². The van der Waals surface area contributed by atoms with E-state index in [1.54, 1.807) is 0 Å². The first-order chi connectivity index (χ1) is 13.3. The number of likely N-dealkylation sites (tertiary alicyclic amines) is 1. The number of fused-ring (bicyclic) bond motifs is 1. The zero-order chi connectivity index (χ0) is 18.2. The van der Waals surface area contributed by atoms with Crippen molar-refractivity contribution in [3.8, 4) is 0 Å². The number of epoxide rings is 1. The number of nitrogens with zero attached hydrogens (tertiary/aromatic N) is 2. The molecule has 0 spiro atoms. The Morgan fingerprint density at radius 1 is 1.07 bits per heavy atom. The van der Waals surface area contributed by atoms with E-state index in [4.69, 9.17) is 9.47 Å². The smallest absolute Gasteiger partial charge is 0.209 e. The molecule has 4 heterocycles. The molecule has 3 aliphatic heterocycles. The highest BCUT2D eigenvalue weighted by Gasteiger charge is 2.49. The third-order valence-corrected chi connectivity index (χ3v) is 6.09. The number of carbonyl (C=O) groups is 1. The van der Waals surface area contributed by atoms with E-state index in [0.717, 1.165) is 37.4 Å². The average molecular weight is 366 g/mol. The molecule has 0 saturated carbocycles. The molecule has 1 aromatic carbocycles. The maximum atomic E-state index is 12.8. The number of aromatic nitrogens is 1. The Labute approximate surface area is 159 Å². The Morgan fingerprint density at radius 3 is 2.70 bits per heavy atom. The molecule has 2 fully saturated rings. The lowest BCUT2D eigenvalue weighted by molar-refractivity contribution is 0.0389. The van der Waals surface area contributed by atoms with Gasteiger partial charge in [-0.1, -0.05) is 30.3 Å². The van der Waals surface area contributed by atoms with Crippen LogP contribution < -0.4 is 0 Å². The predicted octanol–water partition coefficient (Wildman–Crippen LogP) is 3.04. The van der Waals surface area contributed by atoms with Crippen LogP contribution in [0.5, 0.6) is 0 Å². The normalized spacial score (nSPS) is 27.0. The maximum Gasteiger partial charge on any atom is 0.209 e. The number of ether oxygens (including phenoxy) is 2. The molecule has 5 rings (SSSR count). The van der Waals surface area contributed by atoms with Crippen LogP contribution >= 0.6 is 0 Å². The van der Waals surface area contributed by atoms with Crippen molar-refractivity contribution in [2.45, 2.75) is 44.1 Å². The van der Waals surface area contributed by atoms with Crippen LogP contribution in [-0.2, 0) is 16.0 Å². The average Bonchev–Trinajstić information content (AvgIpc) is 3.10. The third-order valence-electron chi connectivity index (χ3n) is 6.09. The van der Waals surface area contributed by atoms with Gasteiger partial charge in [0.1, 0.15) is 6.10 Å². The van der Waals surface area contributed by atoms with Crippen molar-refractivity contribution in [2.24, 2.45) is 0 Å². The molecule has 0 radical (unpaired) electrons. The fourth-order valence-electron chi connectivity index (χ4n) is 4.57. The van der Waals surface area contributed by atoms with Gasteiger partial charge in [0, 0.05) is 30.3 Å². The summed E-state index contributed by atoms with van der Waals surface area (Å²) in [6, 6.07) is 13.6. The topological polar surface area (TPSA) is 47.0 Å². The fraction of sp³-hybridized carbons (Fsp3) is 0.500. The van der Waals surface area contributed by atoms with Gasteiger partial charge in [-0.05, 0) is 44.5 Å². The van der Waals surface area contributed by atoms with Gasteiger partial charge in [0.05, 0.1) is 12.3 Å². The largest absolute Gasteiger partial charge is 0.349 e. The molecule has 0 amide bonds. The second-order valence-electron chi connectivity index (χ2n) is 7.77. The summed E-state index contributed by atoms with van der Waals surface area (Å²) in [7, 11) is 0. The van der Waals surface area contributed by atoms with E-state index in [2.05, 4.69) is 15.5 Å². The minimum Gasteiger partial charge on any atom is -0.349 e. The van der Waals surface area contributed by atoms with Crippen LogP contribution in [0.1, 0.15) is 46.9 Å². The van der Waals surface area contributed by atoms with Crippen LogP contribution in [0, 0.1) is 0 Å². The second-order valence-corrected chi connectivity index (χ2v) is 7.77. The van der Waals surface area contributed by atoms with Crippen LogP contribution in [0.15, 0.2) is 42.5 Å². The summed E-state index contributed by atoms with van der Waals surface area (Å²) >= 11 is 0. The minimum atomic E-state index is -0.0765. The Bertz CT molecular complexity index is 810. The Balaban J connectivity index is 1.20. The SMILES string of the molecule is O=C(c1ccccc1)c1ccc2n1CCC2C1OC1OCCN1CCCC1. The van der Waals surface area contributed by atoms with Crippen molar-refractivity contribution >= 4 is 5.78 Å². The molecule has 2 saturated heterocycles. The quantitative estimate of drug-likeness (QED) is 0.558. The van der Waals surface area contributed by atoms with E-state index in [1.165, 1.54) is 31.6 Å². The van der Waals surface area contributed by atoms with E-state index in [9.17, 15) is 4.79 Å². The highest BCUT2D eigenvalue weighted by molar-refractivity contribution is 6.08. The first-order valence-corrected chi connectivity index (χ1v) is 10.1. The summed E-state index contributed by atoms with van der Waals surface area (Å²) in [5.74, 6) is 0.428. The van der Waals surface area contributed by atoms with Crippen molar-refractivity contribution in [3.63, 3.8) is 0 Å². The first kappa shape index (κ1) is 17.2. The van der Waals surface area contributed by atoms with Gasteiger partial charge in [-0.3, -0.25) is 4.79 Å². The number of benzene rings is 1. The van der Waals surface area contributed by atoms with Crippen LogP contribution in [0.2, 0.25) is 0 Å². The van der Waals surface area contributed by atoms with Gasteiger partial charge in [-0.25, -0.2) is 0 Å². The molecule has 0 bridgehead atoms. The van der Waals surface area contributed by atoms with Crippen molar-refractivity contribution in [1.29, 1.82) is 0 Å². The standard InChI is InChI=1S/C22H26N2O3/c25-20(16-6-2-1-3-7-16)19-9-8-18-17(10-13-24(18)19)21-22(27-21)26-15-14-23-11-4-5-12-23/h1-3,6-9,17,21-22H,4-5,10-15H2. The number of hydrogen-bond donors (Lipinski definition) is 0. The van der Waals surface area contributed by atoms with Crippen LogP contribution in [-0.4, -0.2) is 53.9 Å². The molecule has 5 nitrogen and oxygen atoms in total. The van der Waals surface area contributed by atoms with Crippen molar-refractivity contribution in [1.82, 2.24) is 9.47 Å². The fourth-order valence-corrected chi connectivity index (χ4v) is 4.57. The molecule has 5 heteroatoms. The molecule has 0 aliphatic carbocycles. The zero-order valence-electron chi connectivity index (χ0n) is 15.5. The summed E-state index contributed by atoms with van der Waals surface area (Å²) in [4.78, 5) is 15.3. The van der Waals surface area contributed by atoms with Gasteiger partial charge in [-0.15, -0.1) is 0 Å². The summed E-state index contributed by atoms with van der Waals surface area (Å²) in [6.07, 6.45) is 3.70. The first-order valence-electron chi connectivity index (χ1n) is 10.1. The van der Waals surface area contributed by atoms with Gasteiger partial charge < -0.3 is 18.9 Å². The Hall–Kier alpha value is -1.95. The van der Waals surface area contributed by atoms with Gasteiger partial charge in [0.15, 0.2) is 6.29 Å². The minimum absolute atomic E-state index is 0.0765. The molecular weight excluding hydrogens is 340 g/mol. The van der Waals surface area contributed by atoms with E-state index >= 15 is 0 Å². The monoisotopic (exact) mass is 366 g/mol. The lowest BCUT2D eigenvalue weighted by Crippen LogP contribution is -2.24. The maximum absolute atomic E-state index is 12.8. The van der Waals surface area contributed by atoms with Gasteiger partial charge >= 0.3 is 0 Å². The summed E-state index contributed by atoms with van der Waals surface area (Å²) in [6.45, 7) is 5.02. The highest BCUT2D eigenvalue weighted by atomic mass is 16.8. The Morgan fingerprint density at radius 2 is 1.89 bits per heavy atom. The second kappa shape index (κ2) is 7.23.